The van der Waals surface area contributed by atoms with E-state index in [-0.39, 0.29) is 23.2 Å². The molecule has 0 saturated heterocycles. The molecule has 18 heavy (non-hydrogen) atoms. The van der Waals surface area contributed by atoms with Crippen molar-refractivity contribution in [1.29, 1.82) is 0 Å². The molecule has 4 nitrogen and oxygen atoms in total. The monoisotopic (exact) mass is 274 g/mol. The van der Waals surface area contributed by atoms with Gasteiger partial charge in [0.2, 0.25) is 0 Å². The maximum atomic E-state index is 12.4. The summed E-state index contributed by atoms with van der Waals surface area (Å²) in [6, 6.07) is 0. The summed E-state index contributed by atoms with van der Waals surface area (Å²) in [6.07, 6.45) is 6.26. The second kappa shape index (κ2) is 5.70. The van der Waals surface area contributed by atoms with E-state index >= 15 is 0 Å². The van der Waals surface area contributed by atoms with Gasteiger partial charge in [0.15, 0.2) is 0 Å². The first-order valence-corrected chi connectivity index (χ1v) is 8.05. The average Bonchev–Trinajstić information content (AvgIpc) is 3.07. The van der Waals surface area contributed by atoms with Crippen LogP contribution < -0.4 is 0 Å². The summed E-state index contributed by atoms with van der Waals surface area (Å²) in [5, 5.41) is 9.08. The van der Waals surface area contributed by atoms with Crippen LogP contribution in [0.15, 0.2) is 0 Å². The van der Waals surface area contributed by atoms with Gasteiger partial charge in [0, 0.05) is 28.9 Å². The van der Waals surface area contributed by atoms with E-state index in [9.17, 15) is 9.00 Å². The lowest BCUT2D eigenvalue weighted by atomic mass is 9.97. The van der Waals surface area contributed by atoms with E-state index in [1.54, 1.807) is 7.11 Å². The molecule has 2 aliphatic rings. The van der Waals surface area contributed by atoms with Crippen molar-refractivity contribution in [2.75, 3.05) is 12.9 Å². The highest BCUT2D eigenvalue weighted by Crippen LogP contribution is 2.50. The van der Waals surface area contributed by atoms with E-state index in [2.05, 4.69) is 0 Å². The molecule has 104 valence electrons. The molecule has 3 atom stereocenters. The summed E-state index contributed by atoms with van der Waals surface area (Å²) in [6.45, 7) is 0. The van der Waals surface area contributed by atoms with Crippen molar-refractivity contribution in [2.24, 2.45) is 5.41 Å². The number of methoxy groups -OCH3 is 1. The van der Waals surface area contributed by atoms with Crippen molar-refractivity contribution in [3.63, 3.8) is 0 Å². The molecular weight excluding hydrogens is 252 g/mol. The molecule has 2 fully saturated rings. The molecular formula is C13H22O4S. The van der Waals surface area contributed by atoms with Crippen LogP contribution in [-0.2, 0) is 20.3 Å². The summed E-state index contributed by atoms with van der Waals surface area (Å²) in [5.74, 6) is -0.191. The lowest BCUT2D eigenvalue weighted by molar-refractivity contribution is -0.138. The Morgan fingerprint density at radius 3 is 2.72 bits per heavy atom. The van der Waals surface area contributed by atoms with Crippen LogP contribution in [0.2, 0.25) is 0 Å². The molecule has 2 rings (SSSR count). The van der Waals surface area contributed by atoms with Crippen LogP contribution in [0, 0.1) is 5.41 Å². The molecule has 0 heterocycles. The van der Waals surface area contributed by atoms with Gasteiger partial charge in [0.1, 0.15) is 0 Å². The van der Waals surface area contributed by atoms with Crippen molar-refractivity contribution in [2.45, 2.75) is 56.3 Å². The van der Waals surface area contributed by atoms with E-state index in [1.165, 1.54) is 0 Å². The van der Waals surface area contributed by atoms with Gasteiger partial charge < -0.3 is 9.84 Å². The fourth-order valence-electron chi connectivity index (χ4n) is 2.84. The second-order valence-corrected chi connectivity index (χ2v) is 7.46. The van der Waals surface area contributed by atoms with Gasteiger partial charge in [-0.2, -0.15) is 0 Å². The van der Waals surface area contributed by atoms with Crippen LogP contribution in [0.25, 0.3) is 0 Å². The number of rotatable bonds is 6. The third kappa shape index (κ3) is 3.54. The molecule has 1 N–H and O–H groups in total. The Morgan fingerprint density at radius 2 is 2.17 bits per heavy atom. The van der Waals surface area contributed by atoms with Crippen molar-refractivity contribution in [1.82, 2.24) is 0 Å². The van der Waals surface area contributed by atoms with Crippen molar-refractivity contribution >= 4 is 16.8 Å². The average molecular weight is 274 g/mol. The fourth-order valence-corrected chi connectivity index (χ4v) is 4.93. The highest BCUT2D eigenvalue weighted by molar-refractivity contribution is 7.85. The molecule has 0 bridgehead atoms. The Kier molecular flexibility index (Phi) is 4.43. The van der Waals surface area contributed by atoms with Crippen molar-refractivity contribution in [3.05, 3.63) is 0 Å². The molecule has 2 saturated carbocycles. The molecule has 0 spiro atoms. The first-order chi connectivity index (χ1) is 8.54. The first kappa shape index (κ1) is 14.0. The lowest BCUT2D eigenvalue weighted by Crippen LogP contribution is -2.32. The lowest BCUT2D eigenvalue weighted by Gasteiger charge is -2.28. The van der Waals surface area contributed by atoms with Crippen molar-refractivity contribution in [3.8, 4) is 0 Å². The predicted molar refractivity (Wildman–Crippen MR) is 70.0 cm³/mol. The van der Waals surface area contributed by atoms with E-state index in [4.69, 9.17) is 9.84 Å². The summed E-state index contributed by atoms with van der Waals surface area (Å²) in [7, 11) is 0.816. The zero-order chi connectivity index (χ0) is 13.2. The topological polar surface area (TPSA) is 63.6 Å². The zero-order valence-electron chi connectivity index (χ0n) is 10.9. The maximum absolute atomic E-state index is 12.4. The van der Waals surface area contributed by atoms with Gasteiger partial charge in [-0.05, 0) is 43.9 Å². The summed E-state index contributed by atoms with van der Waals surface area (Å²) in [4.78, 5) is 10.8. The molecule has 5 heteroatoms. The minimum Gasteiger partial charge on any atom is -0.481 e. The van der Waals surface area contributed by atoms with E-state index in [0.29, 0.717) is 5.75 Å². The number of hydrogen-bond donors (Lipinski definition) is 1. The molecule has 3 unspecified atom stereocenters. The largest absolute Gasteiger partial charge is 0.481 e. The third-order valence-corrected chi connectivity index (χ3v) is 6.28. The Balaban J connectivity index is 1.86. The third-order valence-electron chi connectivity index (χ3n) is 4.21. The van der Waals surface area contributed by atoms with Gasteiger partial charge in [0.05, 0.1) is 12.5 Å². The van der Waals surface area contributed by atoms with Gasteiger partial charge in [0.25, 0.3) is 0 Å². The van der Waals surface area contributed by atoms with Gasteiger partial charge >= 0.3 is 5.97 Å². The molecule has 2 aliphatic carbocycles. The normalized spacial score (nSPS) is 31.8. The molecule has 0 aliphatic heterocycles. The number of carboxylic acid groups (broad SMARTS) is 1. The van der Waals surface area contributed by atoms with E-state index in [0.717, 1.165) is 38.5 Å². The Bertz CT molecular complexity index is 338. The standard InChI is InChI=1S/C13H22O4S/c1-17-10-3-2-4-11(7-10)18(16)9-13(5-6-13)8-12(14)15/h10-11H,2-9H2,1H3,(H,14,15). The highest BCUT2D eigenvalue weighted by atomic mass is 32.2. The smallest absolute Gasteiger partial charge is 0.303 e. The van der Waals surface area contributed by atoms with E-state index in [1.807, 2.05) is 0 Å². The Morgan fingerprint density at radius 1 is 1.44 bits per heavy atom. The fraction of sp³-hybridized carbons (Fsp3) is 0.923. The Labute approximate surface area is 111 Å². The summed E-state index contributed by atoms with van der Waals surface area (Å²) >= 11 is 0. The molecule has 0 aromatic heterocycles. The highest BCUT2D eigenvalue weighted by Gasteiger charge is 2.46. The number of carbonyl (C=O) groups is 1. The number of carboxylic acids is 1. The molecule has 0 aromatic carbocycles. The Hall–Kier alpha value is -0.420. The van der Waals surface area contributed by atoms with Crippen molar-refractivity contribution < 1.29 is 18.8 Å². The molecule has 0 aromatic rings. The number of aliphatic carboxylic acids is 1. The number of hydrogen-bond acceptors (Lipinski definition) is 3. The van der Waals surface area contributed by atoms with Gasteiger partial charge in [-0.15, -0.1) is 0 Å². The number of ether oxygens (including phenoxy) is 1. The second-order valence-electron chi connectivity index (χ2n) is 5.74. The van der Waals surface area contributed by atoms with Crippen LogP contribution >= 0.6 is 0 Å². The van der Waals surface area contributed by atoms with Gasteiger partial charge in [-0.3, -0.25) is 9.00 Å². The van der Waals surface area contributed by atoms with Crippen LogP contribution in [0.5, 0.6) is 0 Å². The SMILES string of the molecule is COC1CCCC(S(=O)CC2(CC(=O)O)CC2)C1. The predicted octanol–water partition coefficient (Wildman–Crippen LogP) is 1.95. The minimum absolute atomic E-state index is 0.156. The summed E-state index contributed by atoms with van der Waals surface area (Å²) < 4.78 is 17.7. The maximum Gasteiger partial charge on any atom is 0.303 e. The van der Waals surface area contributed by atoms with Crippen LogP contribution in [0.4, 0.5) is 0 Å². The van der Waals surface area contributed by atoms with Crippen LogP contribution in [0.1, 0.15) is 44.9 Å². The quantitative estimate of drug-likeness (QED) is 0.804. The van der Waals surface area contributed by atoms with Crippen LogP contribution in [-0.4, -0.2) is 39.5 Å². The first-order valence-electron chi connectivity index (χ1n) is 6.66. The van der Waals surface area contributed by atoms with E-state index < -0.39 is 16.8 Å². The summed E-state index contributed by atoms with van der Waals surface area (Å²) in [5.41, 5.74) is -0.156. The zero-order valence-corrected chi connectivity index (χ0v) is 11.7. The molecule has 0 radical (unpaired) electrons. The van der Waals surface area contributed by atoms with Crippen LogP contribution in [0.3, 0.4) is 0 Å². The van der Waals surface area contributed by atoms with Gasteiger partial charge in [-0.25, -0.2) is 0 Å². The van der Waals surface area contributed by atoms with Gasteiger partial charge in [-0.1, -0.05) is 0 Å². The minimum atomic E-state index is -0.895. The molecule has 0 amide bonds.